The van der Waals surface area contributed by atoms with E-state index in [1.54, 1.807) is 31.9 Å². The van der Waals surface area contributed by atoms with Gasteiger partial charge in [-0.05, 0) is 98.4 Å². The number of nitrogens with one attached hydrogen (secondary N) is 3. The van der Waals surface area contributed by atoms with Crippen LogP contribution >= 0.6 is 11.3 Å². The molecule has 418 valence electrons. The van der Waals surface area contributed by atoms with Crippen molar-refractivity contribution in [2.45, 2.75) is 109 Å². The number of anilines is 1. The molecule has 6 atom stereocenters. The maximum absolute atomic E-state index is 16.1. The molecule has 11 rings (SSSR count). The number of amides is 2. The predicted octanol–water partition coefficient (Wildman–Crippen LogP) is 7.99. The molecule has 2 saturated heterocycles. The molecule has 19 nitrogen and oxygen atoms in total. The highest BCUT2D eigenvalue weighted by molar-refractivity contribution is 7.13. The molecular formula is C59H67FN12O7S. The first-order chi connectivity index (χ1) is 38.7. The van der Waals surface area contributed by atoms with Crippen LogP contribution in [0.4, 0.5) is 10.2 Å². The highest BCUT2D eigenvalue weighted by atomic mass is 32.1. The monoisotopic (exact) mass is 1110 g/mol. The average molecular weight is 1110 g/mol. The number of aliphatic hydroxyl groups excluding tert-OH is 2. The lowest BCUT2D eigenvalue weighted by Crippen LogP contribution is -2.50. The Hall–Kier alpha value is -7.43. The second-order valence-corrected chi connectivity index (χ2v) is 22.6. The molecule has 8 aromatic rings. The molecule has 5 N–H and O–H groups in total. The number of H-pyrrole nitrogens is 1. The minimum atomic E-state index is -0.982. The summed E-state index contributed by atoms with van der Waals surface area (Å²) >= 11 is 1.54. The van der Waals surface area contributed by atoms with Gasteiger partial charge in [0.1, 0.15) is 48.1 Å². The fourth-order valence-corrected chi connectivity index (χ4v) is 12.0. The van der Waals surface area contributed by atoms with Gasteiger partial charge in [-0.25, -0.2) is 14.1 Å². The number of likely N-dealkylation sites (N-methyl/N-ethyl adjacent to an activating group) is 1. The van der Waals surface area contributed by atoms with Gasteiger partial charge in [-0.2, -0.15) is 15.1 Å². The Bertz CT molecular complexity index is 3540. The standard InChI is InChI=1S/C59H67FN12O7S/c1-31(2)53(58(76)71-25-41(74)20-49(71)57(75)64-48(27-73)38-14-16-39(17-15-38)55-34(5)62-30-80-55)72-26-47(68-69-72)37-10-8-35(9-11-37)29-78-54-51(50-33(4)45(60)22-46-44(50)24-63-67-46)42(36-12-13-36)21-43-52(54)65-59(79-28-32(3)77-7)66-56(43)70(6)40-18-19-61-23-40/h8-11,14-17,21-22,24,26,30-32,36,40-41,48-49,53,61,73-74H,12-13,18-20,23,25,27-29H2,1-7H3,(H,63,67)(H,64,75)/t32?,40-,41+,48?,49-,53?/m0/s1. The SMILES string of the molecule is COC(C)COc1nc(N(C)[C@H]2CCNC2)c2cc(C3CC3)c(-c3c(C)c(F)cc4[nH]ncc34)c(OCc3ccc(-c4cn(C(C(=O)N5C[C@H](O)C[C@H]5C(=O)NC(CO)c5ccc(-c6scnc6C)cc5)C(C)C)nn4)cc3)c2n1. The smallest absolute Gasteiger partial charge is 0.319 e. The summed E-state index contributed by atoms with van der Waals surface area (Å²) in [5.74, 6) is -0.113. The number of carbonyl (C=O) groups is 2. The molecule has 3 unspecified atom stereocenters. The van der Waals surface area contributed by atoms with Crippen LogP contribution in [-0.4, -0.2) is 138 Å². The van der Waals surface area contributed by atoms with Crippen LogP contribution in [0.2, 0.25) is 0 Å². The fourth-order valence-electron chi connectivity index (χ4n) is 11.2. The Morgan fingerprint density at radius 3 is 2.45 bits per heavy atom. The molecule has 4 aromatic carbocycles. The Labute approximate surface area is 466 Å². The molecule has 3 fully saturated rings. The lowest BCUT2D eigenvalue weighted by Gasteiger charge is -2.30. The van der Waals surface area contributed by atoms with Crippen molar-refractivity contribution in [3.8, 4) is 44.6 Å². The number of thiazole rings is 1. The summed E-state index contributed by atoms with van der Waals surface area (Å²) in [6.45, 7) is 11.1. The molecule has 0 bridgehead atoms. The number of fused-ring (bicyclic) bond motifs is 2. The number of rotatable bonds is 20. The van der Waals surface area contributed by atoms with Crippen molar-refractivity contribution in [2.24, 2.45) is 5.92 Å². The van der Waals surface area contributed by atoms with Crippen molar-refractivity contribution >= 4 is 50.8 Å². The van der Waals surface area contributed by atoms with Gasteiger partial charge in [0, 0.05) is 67.2 Å². The number of benzene rings is 4. The second-order valence-electron chi connectivity index (χ2n) is 21.8. The number of carbonyl (C=O) groups excluding carboxylic acids is 2. The summed E-state index contributed by atoms with van der Waals surface area (Å²) in [6.07, 6.45) is 5.20. The van der Waals surface area contributed by atoms with Gasteiger partial charge in [0.2, 0.25) is 11.8 Å². The van der Waals surface area contributed by atoms with E-state index in [0.717, 1.165) is 81.5 Å². The molecule has 21 heteroatoms. The molecule has 0 spiro atoms. The first-order valence-corrected chi connectivity index (χ1v) is 28.2. The average Bonchev–Trinajstić information content (AvgIpc) is 3.62. The van der Waals surface area contributed by atoms with Crippen LogP contribution in [0, 0.1) is 25.6 Å². The van der Waals surface area contributed by atoms with E-state index in [2.05, 4.69) is 54.1 Å². The Balaban J connectivity index is 0.872. The minimum absolute atomic E-state index is 0.0401. The van der Waals surface area contributed by atoms with Gasteiger partial charge in [-0.3, -0.25) is 14.7 Å². The van der Waals surface area contributed by atoms with Crippen molar-refractivity contribution in [1.29, 1.82) is 0 Å². The van der Waals surface area contributed by atoms with E-state index in [1.807, 2.05) is 76.2 Å². The number of likely N-dealkylation sites (tertiary alicyclic amines) is 1. The van der Waals surface area contributed by atoms with Gasteiger partial charge in [0.25, 0.3) is 0 Å². The van der Waals surface area contributed by atoms with Crippen LogP contribution in [0.15, 0.2) is 78.6 Å². The topological polar surface area (TPSA) is 231 Å². The number of ether oxygens (including phenoxy) is 3. The largest absolute Gasteiger partial charge is 0.486 e. The van der Waals surface area contributed by atoms with E-state index in [1.165, 1.54) is 27.0 Å². The number of halogens is 1. The normalized spacial score (nSPS) is 18.5. The van der Waals surface area contributed by atoms with Crippen LogP contribution in [0.3, 0.4) is 0 Å². The number of aliphatic hydroxyl groups is 2. The molecular weight excluding hydrogens is 1040 g/mol. The number of β-amino-alcohol motifs (C(OH)–C–C–N with tert-alkyl or cyclic N) is 1. The van der Waals surface area contributed by atoms with E-state index in [4.69, 9.17) is 24.2 Å². The van der Waals surface area contributed by atoms with Gasteiger partial charge in [-0.15, -0.1) is 16.4 Å². The minimum Gasteiger partial charge on any atom is -0.486 e. The summed E-state index contributed by atoms with van der Waals surface area (Å²) < 4.78 is 36.5. The van der Waals surface area contributed by atoms with Crippen molar-refractivity contribution in [3.05, 3.63) is 112 Å². The molecule has 0 radical (unpaired) electrons. The zero-order chi connectivity index (χ0) is 55.9. The number of aryl methyl sites for hydroxylation is 1. The Morgan fingerprint density at radius 2 is 1.76 bits per heavy atom. The van der Waals surface area contributed by atoms with Gasteiger partial charge in [0.05, 0.1) is 58.8 Å². The van der Waals surface area contributed by atoms with Crippen LogP contribution in [-0.2, 0) is 20.9 Å². The molecule has 6 heterocycles. The first-order valence-electron chi connectivity index (χ1n) is 27.3. The third-order valence-electron chi connectivity index (χ3n) is 15.9. The lowest BCUT2D eigenvalue weighted by atomic mass is 9.88. The van der Waals surface area contributed by atoms with E-state index >= 15 is 4.39 Å². The maximum atomic E-state index is 16.1. The molecule has 4 aromatic heterocycles. The van der Waals surface area contributed by atoms with Crippen molar-refractivity contribution in [1.82, 2.24) is 55.7 Å². The molecule has 1 aliphatic carbocycles. The molecule has 3 aliphatic rings. The maximum Gasteiger partial charge on any atom is 0.319 e. The number of nitrogens with zero attached hydrogens (tertiary/aromatic N) is 9. The third-order valence-corrected chi connectivity index (χ3v) is 16.9. The van der Waals surface area contributed by atoms with Gasteiger partial charge >= 0.3 is 6.01 Å². The number of aromatic nitrogens is 8. The lowest BCUT2D eigenvalue weighted by molar-refractivity contribution is -0.142. The zero-order valence-electron chi connectivity index (χ0n) is 45.9. The molecule has 80 heavy (non-hydrogen) atoms. The van der Waals surface area contributed by atoms with Crippen LogP contribution in [0.1, 0.15) is 92.4 Å². The van der Waals surface area contributed by atoms with Gasteiger partial charge in [-0.1, -0.05) is 67.6 Å². The van der Waals surface area contributed by atoms with Crippen LogP contribution < -0.4 is 25.0 Å². The number of hydrogen-bond donors (Lipinski definition) is 5. The highest BCUT2D eigenvalue weighted by Gasteiger charge is 2.43. The highest BCUT2D eigenvalue weighted by Crippen LogP contribution is 2.53. The summed E-state index contributed by atoms with van der Waals surface area (Å²) in [6, 6.07) is 16.7. The zero-order valence-corrected chi connectivity index (χ0v) is 46.8. The number of methoxy groups -OCH3 is 1. The molecule has 2 aliphatic heterocycles. The summed E-state index contributed by atoms with van der Waals surface area (Å²) in [5, 5.41) is 45.6. The van der Waals surface area contributed by atoms with Crippen molar-refractivity contribution < 1.29 is 38.4 Å². The van der Waals surface area contributed by atoms with E-state index in [-0.39, 0.29) is 74.5 Å². The van der Waals surface area contributed by atoms with Crippen molar-refractivity contribution in [2.75, 3.05) is 51.9 Å². The van der Waals surface area contributed by atoms with E-state index in [9.17, 15) is 19.8 Å². The van der Waals surface area contributed by atoms with Gasteiger partial charge < -0.3 is 44.9 Å². The third kappa shape index (κ3) is 10.8. The van der Waals surface area contributed by atoms with Crippen molar-refractivity contribution in [3.63, 3.8) is 0 Å². The first kappa shape index (κ1) is 54.5. The fraction of sp³-hybridized carbons (Fsp3) is 0.424. The molecule has 1 saturated carbocycles. The second kappa shape index (κ2) is 23.0. The Morgan fingerprint density at radius 1 is 0.988 bits per heavy atom. The quantitative estimate of drug-likeness (QED) is 0.0487. The van der Waals surface area contributed by atoms with E-state index < -0.39 is 30.1 Å². The van der Waals surface area contributed by atoms with Gasteiger partial charge in [0.15, 0.2) is 5.75 Å². The van der Waals surface area contributed by atoms with E-state index in [0.29, 0.717) is 45.0 Å². The number of hydrogen-bond acceptors (Lipinski definition) is 16. The Kier molecular flexibility index (Phi) is 15.7. The predicted molar refractivity (Wildman–Crippen MR) is 303 cm³/mol. The summed E-state index contributed by atoms with van der Waals surface area (Å²) in [4.78, 5) is 47.8. The van der Waals surface area contributed by atoms with Crippen LogP contribution in [0.5, 0.6) is 11.8 Å². The summed E-state index contributed by atoms with van der Waals surface area (Å²) in [7, 11) is 3.68. The summed E-state index contributed by atoms with van der Waals surface area (Å²) in [5.41, 5.74) is 10.5. The molecule has 2 amide bonds. The number of aromatic amines is 1. The van der Waals surface area contributed by atoms with Crippen LogP contribution in [0.25, 0.3) is 54.6 Å².